The third-order valence-electron chi connectivity index (χ3n) is 5.32. The lowest BCUT2D eigenvalue weighted by molar-refractivity contribution is 0.325. The first-order valence-electron chi connectivity index (χ1n) is 9.65. The maximum Gasteiger partial charge on any atom is 0.243 e. The van der Waals surface area contributed by atoms with Gasteiger partial charge in [-0.2, -0.15) is 4.31 Å². The van der Waals surface area contributed by atoms with Gasteiger partial charge in [0.25, 0.3) is 0 Å². The smallest absolute Gasteiger partial charge is 0.243 e. The SMILES string of the molecule is C#CCCN([C@H](C)/C=C/CO[Si](C)(C)C(C)(C)C)S(=O)(=O)c1ccc(C)cc1. The minimum Gasteiger partial charge on any atom is -0.413 e. The standard InChI is InChI=1S/C22H35NO3SSi/c1-9-10-17-23(27(24,25)21-15-13-19(2)14-16-21)20(3)12-11-18-26-28(7,8)22(4,5)6/h1,11-16,20H,10,17-18H2,2-8H3/b12-11+/t20-/m1/s1. The normalized spacial score (nSPS) is 14.4. The summed E-state index contributed by atoms with van der Waals surface area (Å²) in [6.07, 6.45) is 9.55. The van der Waals surface area contributed by atoms with Crippen molar-refractivity contribution >= 4 is 18.3 Å². The zero-order valence-corrected chi connectivity index (χ0v) is 20.1. The largest absolute Gasteiger partial charge is 0.413 e. The Bertz CT molecular complexity index is 800. The van der Waals surface area contributed by atoms with Crippen LogP contribution in [0.15, 0.2) is 41.3 Å². The molecule has 1 aromatic carbocycles. The Kier molecular flexibility index (Phi) is 8.70. The molecule has 0 aliphatic heterocycles. The highest BCUT2D eigenvalue weighted by Gasteiger charge is 2.36. The summed E-state index contributed by atoms with van der Waals surface area (Å²) in [5.41, 5.74) is 1.02. The quantitative estimate of drug-likeness (QED) is 0.321. The number of sulfonamides is 1. The van der Waals surface area contributed by atoms with E-state index in [1.54, 1.807) is 24.3 Å². The predicted molar refractivity (Wildman–Crippen MR) is 120 cm³/mol. The van der Waals surface area contributed by atoms with Gasteiger partial charge in [0.05, 0.1) is 11.5 Å². The maximum atomic E-state index is 13.1. The van der Waals surface area contributed by atoms with Crippen LogP contribution in [-0.4, -0.2) is 40.2 Å². The van der Waals surface area contributed by atoms with Gasteiger partial charge in [-0.25, -0.2) is 8.42 Å². The molecule has 0 spiro atoms. The minimum atomic E-state index is -3.62. The van der Waals surface area contributed by atoms with Crippen molar-refractivity contribution in [1.82, 2.24) is 4.31 Å². The van der Waals surface area contributed by atoms with E-state index in [0.717, 1.165) is 5.56 Å². The second-order valence-electron chi connectivity index (χ2n) is 8.62. The van der Waals surface area contributed by atoms with Crippen LogP contribution in [0.5, 0.6) is 0 Å². The molecular formula is C22H35NO3SSi. The van der Waals surface area contributed by atoms with Gasteiger partial charge in [0.1, 0.15) is 0 Å². The molecule has 0 bridgehead atoms. The fourth-order valence-corrected chi connectivity index (χ4v) is 4.92. The van der Waals surface area contributed by atoms with Crippen LogP contribution in [0.1, 0.15) is 39.7 Å². The topological polar surface area (TPSA) is 46.6 Å². The van der Waals surface area contributed by atoms with Crippen molar-refractivity contribution in [3.05, 3.63) is 42.0 Å². The molecule has 0 heterocycles. The molecule has 28 heavy (non-hydrogen) atoms. The summed E-state index contributed by atoms with van der Waals surface area (Å²) in [7, 11) is -5.45. The molecular weight excluding hydrogens is 386 g/mol. The number of terminal acetylenes is 1. The molecule has 0 fully saturated rings. The lowest BCUT2D eigenvalue weighted by Gasteiger charge is -2.35. The predicted octanol–water partition coefficient (Wildman–Crippen LogP) is 4.98. The molecule has 0 N–H and O–H groups in total. The zero-order valence-electron chi connectivity index (χ0n) is 18.3. The Labute approximate surface area is 173 Å². The summed E-state index contributed by atoms with van der Waals surface area (Å²) in [5, 5.41) is 0.139. The van der Waals surface area contributed by atoms with E-state index in [0.29, 0.717) is 13.0 Å². The van der Waals surface area contributed by atoms with Gasteiger partial charge < -0.3 is 4.43 Å². The summed E-state index contributed by atoms with van der Waals surface area (Å²) in [4.78, 5) is 0.285. The summed E-state index contributed by atoms with van der Waals surface area (Å²) in [6, 6.07) is 6.58. The Hall–Kier alpha value is -1.39. The highest BCUT2D eigenvalue weighted by molar-refractivity contribution is 7.89. The number of rotatable bonds is 9. The molecule has 1 rings (SSSR count). The van der Waals surface area contributed by atoms with Gasteiger partial charge in [-0.1, -0.05) is 50.6 Å². The average Bonchev–Trinajstić information content (AvgIpc) is 2.58. The molecule has 0 unspecified atom stereocenters. The molecule has 6 heteroatoms. The molecule has 0 radical (unpaired) electrons. The Morgan fingerprint density at radius 1 is 1.25 bits per heavy atom. The van der Waals surface area contributed by atoms with E-state index >= 15 is 0 Å². The van der Waals surface area contributed by atoms with Gasteiger partial charge in [0, 0.05) is 19.0 Å². The number of nitrogens with zero attached hydrogens (tertiary/aromatic N) is 1. The molecule has 1 aromatic rings. The van der Waals surface area contributed by atoms with E-state index in [4.69, 9.17) is 10.8 Å². The number of benzene rings is 1. The fourth-order valence-electron chi connectivity index (χ4n) is 2.38. The average molecular weight is 422 g/mol. The first-order valence-corrected chi connectivity index (χ1v) is 14.0. The number of hydrogen-bond donors (Lipinski definition) is 0. The van der Waals surface area contributed by atoms with Crippen LogP contribution in [0.2, 0.25) is 18.1 Å². The monoisotopic (exact) mass is 421 g/mol. The van der Waals surface area contributed by atoms with Gasteiger partial charge in [-0.3, -0.25) is 0 Å². The zero-order chi connectivity index (χ0) is 21.6. The van der Waals surface area contributed by atoms with E-state index in [2.05, 4.69) is 39.8 Å². The molecule has 156 valence electrons. The number of hydrogen-bond acceptors (Lipinski definition) is 3. The van der Waals surface area contributed by atoms with Crippen LogP contribution >= 0.6 is 0 Å². The van der Waals surface area contributed by atoms with Crippen molar-refractivity contribution in [3.8, 4) is 12.3 Å². The lowest BCUT2D eigenvalue weighted by atomic mass is 10.2. The second-order valence-corrected chi connectivity index (χ2v) is 15.3. The Morgan fingerprint density at radius 2 is 1.82 bits per heavy atom. The highest BCUT2D eigenvalue weighted by Crippen LogP contribution is 2.36. The maximum absolute atomic E-state index is 13.1. The molecule has 0 saturated heterocycles. The van der Waals surface area contributed by atoms with E-state index in [1.165, 1.54) is 4.31 Å². The van der Waals surface area contributed by atoms with E-state index in [-0.39, 0.29) is 22.5 Å². The molecule has 0 aliphatic carbocycles. The van der Waals surface area contributed by atoms with Crippen LogP contribution < -0.4 is 0 Å². The van der Waals surface area contributed by atoms with E-state index in [9.17, 15) is 8.42 Å². The Balaban J connectivity index is 2.95. The van der Waals surface area contributed by atoms with Gasteiger partial charge in [0.15, 0.2) is 8.32 Å². The first kappa shape index (κ1) is 24.6. The van der Waals surface area contributed by atoms with E-state index < -0.39 is 18.3 Å². The van der Waals surface area contributed by atoms with Gasteiger partial charge in [-0.05, 0) is 44.1 Å². The molecule has 4 nitrogen and oxygen atoms in total. The van der Waals surface area contributed by atoms with Crippen molar-refractivity contribution in [3.63, 3.8) is 0 Å². The van der Waals surface area contributed by atoms with Crippen LogP contribution in [0.3, 0.4) is 0 Å². The fraction of sp³-hybridized carbons (Fsp3) is 0.545. The van der Waals surface area contributed by atoms with Crippen molar-refractivity contribution in [2.24, 2.45) is 0 Å². The van der Waals surface area contributed by atoms with Crippen molar-refractivity contribution in [2.75, 3.05) is 13.2 Å². The van der Waals surface area contributed by atoms with Gasteiger partial charge in [0.2, 0.25) is 10.0 Å². The third-order valence-corrected chi connectivity index (χ3v) is 11.8. The molecule has 0 saturated carbocycles. The van der Waals surface area contributed by atoms with Crippen LogP contribution in [0.4, 0.5) is 0 Å². The second kappa shape index (κ2) is 9.88. The van der Waals surface area contributed by atoms with Crippen molar-refractivity contribution in [1.29, 1.82) is 0 Å². The molecule has 0 aromatic heterocycles. The number of aryl methyl sites for hydroxylation is 1. The summed E-state index contributed by atoms with van der Waals surface area (Å²) in [5.74, 6) is 2.54. The van der Waals surface area contributed by atoms with Gasteiger partial charge in [-0.15, -0.1) is 12.3 Å². The van der Waals surface area contributed by atoms with Gasteiger partial charge >= 0.3 is 0 Å². The minimum absolute atomic E-state index is 0.139. The summed E-state index contributed by atoms with van der Waals surface area (Å²) in [6.45, 7) is 15.5. The molecule has 1 atom stereocenters. The van der Waals surface area contributed by atoms with Crippen LogP contribution in [0.25, 0.3) is 0 Å². The van der Waals surface area contributed by atoms with Crippen molar-refractivity contribution in [2.45, 2.75) is 70.1 Å². The van der Waals surface area contributed by atoms with Crippen LogP contribution in [-0.2, 0) is 14.4 Å². The van der Waals surface area contributed by atoms with Crippen LogP contribution in [0, 0.1) is 19.3 Å². The lowest BCUT2D eigenvalue weighted by Crippen LogP contribution is -2.41. The summed E-state index contributed by atoms with van der Waals surface area (Å²) >= 11 is 0. The van der Waals surface area contributed by atoms with Crippen molar-refractivity contribution < 1.29 is 12.8 Å². The summed E-state index contributed by atoms with van der Waals surface area (Å²) < 4.78 is 33.8. The Morgan fingerprint density at radius 3 is 2.32 bits per heavy atom. The van der Waals surface area contributed by atoms with E-state index in [1.807, 2.05) is 26.0 Å². The highest BCUT2D eigenvalue weighted by atomic mass is 32.2. The molecule has 0 aliphatic rings. The first-order chi connectivity index (χ1) is 12.8. The molecule has 0 amide bonds. The third kappa shape index (κ3) is 6.59.